The van der Waals surface area contributed by atoms with Crippen LogP contribution in [0.3, 0.4) is 0 Å². The van der Waals surface area contributed by atoms with E-state index in [-0.39, 0.29) is 24.2 Å². The SMILES string of the molecule is CC(C)N1CC[C@H](Oc2ccc3[nH]c(C(=O)O)cc3c2)C1.Cl. The number of nitrogens with zero attached hydrogens (tertiary/aromatic N) is 1. The van der Waals surface area contributed by atoms with Crippen molar-refractivity contribution >= 4 is 29.3 Å². The van der Waals surface area contributed by atoms with E-state index in [9.17, 15) is 4.79 Å². The maximum absolute atomic E-state index is 11.0. The molecule has 3 rings (SSSR count). The maximum Gasteiger partial charge on any atom is 0.352 e. The van der Waals surface area contributed by atoms with Gasteiger partial charge in [-0.2, -0.15) is 0 Å². The lowest BCUT2D eigenvalue weighted by Gasteiger charge is -2.20. The molecule has 1 atom stereocenters. The van der Waals surface area contributed by atoms with E-state index >= 15 is 0 Å². The molecule has 0 saturated carbocycles. The first-order valence-electron chi connectivity index (χ1n) is 7.29. The van der Waals surface area contributed by atoms with Crippen LogP contribution in [0.2, 0.25) is 0 Å². The van der Waals surface area contributed by atoms with Gasteiger partial charge in [-0.1, -0.05) is 0 Å². The summed E-state index contributed by atoms with van der Waals surface area (Å²) in [5, 5.41) is 9.86. The second kappa shape index (κ2) is 6.58. The molecule has 2 heterocycles. The Morgan fingerprint density at radius 1 is 1.41 bits per heavy atom. The van der Waals surface area contributed by atoms with Crippen LogP contribution in [-0.4, -0.2) is 46.2 Å². The number of aromatic nitrogens is 1. The van der Waals surface area contributed by atoms with Crippen molar-refractivity contribution in [3.05, 3.63) is 30.0 Å². The number of H-pyrrole nitrogens is 1. The van der Waals surface area contributed by atoms with Crippen LogP contribution in [0.1, 0.15) is 30.8 Å². The molecule has 0 bridgehead atoms. The molecule has 1 saturated heterocycles. The van der Waals surface area contributed by atoms with Gasteiger partial charge in [0.2, 0.25) is 0 Å². The van der Waals surface area contributed by atoms with Gasteiger partial charge in [0.1, 0.15) is 17.5 Å². The number of ether oxygens (including phenoxy) is 1. The smallest absolute Gasteiger partial charge is 0.352 e. The van der Waals surface area contributed by atoms with Crippen LogP contribution in [0.5, 0.6) is 5.75 Å². The summed E-state index contributed by atoms with van der Waals surface area (Å²) in [5.41, 5.74) is 1.02. The number of aromatic amines is 1. The Morgan fingerprint density at radius 2 is 2.18 bits per heavy atom. The van der Waals surface area contributed by atoms with Crippen molar-refractivity contribution in [3.8, 4) is 5.75 Å². The highest BCUT2D eigenvalue weighted by molar-refractivity contribution is 5.94. The number of benzene rings is 1. The minimum atomic E-state index is -0.947. The van der Waals surface area contributed by atoms with Crippen molar-refractivity contribution in [1.29, 1.82) is 0 Å². The molecule has 120 valence electrons. The third-order valence-electron chi connectivity index (χ3n) is 4.03. The highest BCUT2D eigenvalue weighted by Crippen LogP contribution is 2.25. The van der Waals surface area contributed by atoms with Crippen LogP contribution in [0.15, 0.2) is 24.3 Å². The number of halogens is 1. The van der Waals surface area contributed by atoms with E-state index in [1.54, 1.807) is 6.07 Å². The summed E-state index contributed by atoms with van der Waals surface area (Å²) in [6, 6.07) is 7.84. The van der Waals surface area contributed by atoms with Crippen molar-refractivity contribution in [3.63, 3.8) is 0 Å². The van der Waals surface area contributed by atoms with E-state index < -0.39 is 5.97 Å². The number of hydrogen-bond acceptors (Lipinski definition) is 3. The molecule has 1 aliphatic rings. The lowest BCUT2D eigenvalue weighted by atomic mass is 10.2. The molecule has 2 N–H and O–H groups in total. The Labute approximate surface area is 135 Å². The first-order chi connectivity index (χ1) is 10.0. The number of carboxylic acids is 1. The first-order valence-corrected chi connectivity index (χ1v) is 7.29. The predicted octanol–water partition coefficient (Wildman–Crippen LogP) is 3.15. The molecule has 0 spiro atoms. The zero-order valence-corrected chi connectivity index (χ0v) is 13.5. The summed E-state index contributed by atoms with van der Waals surface area (Å²) in [6.45, 7) is 6.41. The largest absolute Gasteiger partial charge is 0.489 e. The van der Waals surface area contributed by atoms with Gasteiger partial charge in [0, 0.05) is 30.0 Å². The Hall–Kier alpha value is -1.72. The highest BCUT2D eigenvalue weighted by Gasteiger charge is 2.25. The second-order valence-electron chi connectivity index (χ2n) is 5.85. The van der Waals surface area contributed by atoms with Gasteiger partial charge in [0.05, 0.1) is 0 Å². The van der Waals surface area contributed by atoms with E-state index in [1.165, 1.54) is 0 Å². The van der Waals surface area contributed by atoms with Crippen molar-refractivity contribution in [2.75, 3.05) is 13.1 Å². The van der Waals surface area contributed by atoms with Gasteiger partial charge >= 0.3 is 5.97 Å². The summed E-state index contributed by atoms with van der Waals surface area (Å²) in [7, 11) is 0. The summed E-state index contributed by atoms with van der Waals surface area (Å²) in [6.07, 6.45) is 1.24. The van der Waals surface area contributed by atoms with E-state index in [0.29, 0.717) is 6.04 Å². The van der Waals surface area contributed by atoms with E-state index in [0.717, 1.165) is 36.2 Å². The second-order valence-corrected chi connectivity index (χ2v) is 5.85. The molecule has 0 amide bonds. The van der Waals surface area contributed by atoms with Crippen LogP contribution in [-0.2, 0) is 0 Å². The molecule has 2 aromatic rings. The number of carbonyl (C=O) groups is 1. The predicted molar refractivity (Wildman–Crippen MR) is 88.2 cm³/mol. The van der Waals surface area contributed by atoms with Gasteiger partial charge in [-0.3, -0.25) is 4.90 Å². The third kappa shape index (κ3) is 3.36. The lowest BCUT2D eigenvalue weighted by Crippen LogP contribution is -2.30. The summed E-state index contributed by atoms with van der Waals surface area (Å²) in [4.78, 5) is 16.2. The molecular weight excluding hydrogens is 304 g/mol. The fraction of sp³-hybridized carbons (Fsp3) is 0.438. The summed E-state index contributed by atoms with van der Waals surface area (Å²) in [5.74, 6) is -0.147. The van der Waals surface area contributed by atoms with E-state index in [1.807, 2.05) is 18.2 Å². The zero-order chi connectivity index (χ0) is 15.0. The number of carboxylic acid groups (broad SMARTS) is 1. The van der Waals surface area contributed by atoms with E-state index in [2.05, 4.69) is 23.7 Å². The average Bonchev–Trinajstić information content (AvgIpc) is 3.04. The number of aromatic carboxylic acids is 1. The molecule has 1 aromatic heterocycles. The fourth-order valence-electron chi connectivity index (χ4n) is 2.81. The average molecular weight is 325 g/mol. The minimum Gasteiger partial charge on any atom is -0.489 e. The Balaban J connectivity index is 0.00000176. The number of hydrogen-bond donors (Lipinski definition) is 2. The maximum atomic E-state index is 11.0. The quantitative estimate of drug-likeness (QED) is 0.906. The topological polar surface area (TPSA) is 65.6 Å². The van der Waals surface area contributed by atoms with Gasteiger partial charge in [0.15, 0.2) is 0 Å². The zero-order valence-electron chi connectivity index (χ0n) is 12.7. The Morgan fingerprint density at radius 3 is 2.82 bits per heavy atom. The van der Waals surface area contributed by atoms with Crippen LogP contribution in [0.25, 0.3) is 10.9 Å². The first kappa shape index (κ1) is 16.6. The third-order valence-corrected chi connectivity index (χ3v) is 4.03. The van der Waals surface area contributed by atoms with Crippen LogP contribution in [0.4, 0.5) is 0 Å². The highest BCUT2D eigenvalue weighted by atomic mass is 35.5. The lowest BCUT2D eigenvalue weighted by molar-refractivity contribution is 0.0691. The van der Waals surface area contributed by atoms with Gasteiger partial charge in [-0.15, -0.1) is 12.4 Å². The molecule has 1 aliphatic heterocycles. The Kier molecular flexibility index (Phi) is 4.98. The molecule has 5 nitrogen and oxygen atoms in total. The monoisotopic (exact) mass is 324 g/mol. The van der Waals surface area contributed by atoms with Crippen molar-refractivity contribution in [2.24, 2.45) is 0 Å². The van der Waals surface area contributed by atoms with Crippen molar-refractivity contribution < 1.29 is 14.6 Å². The van der Waals surface area contributed by atoms with Gasteiger partial charge in [0.25, 0.3) is 0 Å². The molecular formula is C16H21ClN2O3. The van der Waals surface area contributed by atoms with Crippen molar-refractivity contribution in [1.82, 2.24) is 9.88 Å². The van der Waals surface area contributed by atoms with Gasteiger partial charge in [-0.25, -0.2) is 4.79 Å². The van der Waals surface area contributed by atoms with Gasteiger partial charge in [-0.05, 0) is 44.5 Å². The van der Waals surface area contributed by atoms with Crippen LogP contribution in [0, 0.1) is 0 Å². The number of rotatable bonds is 4. The summed E-state index contributed by atoms with van der Waals surface area (Å²) >= 11 is 0. The molecule has 1 aromatic carbocycles. The molecule has 6 heteroatoms. The van der Waals surface area contributed by atoms with Crippen LogP contribution < -0.4 is 4.74 Å². The molecule has 0 unspecified atom stereocenters. The number of fused-ring (bicyclic) bond motifs is 1. The van der Waals surface area contributed by atoms with Gasteiger partial charge < -0.3 is 14.8 Å². The number of nitrogens with one attached hydrogen (secondary N) is 1. The van der Waals surface area contributed by atoms with Crippen LogP contribution >= 0.6 is 12.4 Å². The molecule has 1 fully saturated rings. The van der Waals surface area contributed by atoms with Crippen molar-refractivity contribution in [2.45, 2.75) is 32.4 Å². The number of likely N-dealkylation sites (tertiary alicyclic amines) is 1. The Bertz CT molecular complexity index is 668. The standard InChI is InChI=1S/C16H20N2O3.ClH/c1-10(2)18-6-5-13(9-18)21-12-3-4-14-11(7-12)8-15(17-14)16(19)20;/h3-4,7-8,10,13,17H,5-6,9H2,1-2H3,(H,19,20);1H/t13-;/m0./s1. The molecule has 22 heavy (non-hydrogen) atoms. The molecule has 0 aliphatic carbocycles. The summed E-state index contributed by atoms with van der Waals surface area (Å²) < 4.78 is 6.03. The molecule has 0 radical (unpaired) electrons. The fourth-order valence-corrected chi connectivity index (χ4v) is 2.81. The van der Waals surface area contributed by atoms with E-state index in [4.69, 9.17) is 9.84 Å². The normalized spacial score (nSPS) is 18.6. The minimum absolute atomic E-state index is 0.